The number of fused-ring (bicyclic) bond motifs is 3. The summed E-state index contributed by atoms with van der Waals surface area (Å²) in [5, 5.41) is 7.67. The molecule has 14 heteroatoms. The highest BCUT2D eigenvalue weighted by Crippen LogP contribution is 2.47. The van der Waals surface area contributed by atoms with Gasteiger partial charge in [0.05, 0.1) is 17.4 Å². The van der Waals surface area contributed by atoms with Crippen molar-refractivity contribution in [2.45, 2.75) is 82.0 Å². The Bertz CT molecular complexity index is 1730. The Hall–Kier alpha value is -3.75. The van der Waals surface area contributed by atoms with Crippen LogP contribution in [0.15, 0.2) is 40.9 Å². The van der Waals surface area contributed by atoms with Crippen LogP contribution in [0.25, 0.3) is 21.5 Å². The van der Waals surface area contributed by atoms with Gasteiger partial charge in [-0.05, 0) is 75.8 Å². The normalized spacial score (nSPS) is 21.2. The highest BCUT2D eigenvalue weighted by Gasteiger charge is 2.43. The summed E-state index contributed by atoms with van der Waals surface area (Å²) in [7, 11) is 0. The molecule has 2 aliphatic heterocycles. The SMILES string of the molecule is NCCCNC(=O)c1cc(F)c2nc(N3C4CCC3CC(OCc3c(-c5ccccc5OC(F)(F)F)noc3C3CC3)C4)sc2c1. The number of anilines is 1. The zero-order valence-electron chi connectivity index (χ0n) is 24.8. The van der Waals surface area contributed by atoms with Gasteiger partial charge in [0.1, 0.15) is 22.7 Å². The van der Waals surface area contributed by atoms with E-state index in [9.17, 15) is 18.0 Å². The molecule has 9 nitrogen and oxygen atoms in total. The smallest absolute Gasteiger partial charge is 0.405 e. The molecule has 4 aromatic rings. The van der Waals surface area contributed by atoms with E-state index in [1.165, 1.54) is 35.6 Å². The van der Waals surface area contributed by atoms with Crippen molar-refractivity contribution in [3.05, 3.63) is 59.1 Å². The first-order chi connectivity index (χ1) is 22.2. The number of carbonyl (C=O) groups is 1. The quantitative estimate of drug-likeness (QED) is 0.136. The molecule has 4 heterocycles. The summed E-state index contributed by atoms with van der Waals surface area (Å²) >= 11 is 1.38. The molecule has 2 unspecified atom stereocenters. The molecule has 2 aromatic heterocycles. The second-order valence-electron chi connectivity index (χ2n) is 12.1. The molecule has 244 valence electrons. The van der Waals surface area contributed by atoms with Gasteiger partial charge in [0.2, 0.25) is 0 Å². The van der Waals surface area contributed by atoms with Gasteiger partial charge in [0.25, 0.3) is 5.91 Å². The largest absolute Gasteiger partial charge is 0.573 e. The van der Waals surface area contributed by atoms with Crippen LogP contribution in [0.2, 0.25) is 0 Å². The molecule has 2 saturated heterocycles. The first-order valence-corrected chi connectivity index (χ1v) is 16.3. The molecule has 3 aliphatic rings. The molecule has 46 heavy (non-hydrogen) atoms. The number of benzene rings is 2. The lowest BCUT2D eigenvalue weighted by atomic mass is 10.00. The summed E-state index contributed by atoms with van der Waals surface area (Å²) in [5.74, 6) is -0.399. The fraction of sp³-hybridized carbons (Fsp3) is 0.469. The van der Waals surface area contributed by atoms with Crippen LogP contribution in [-0.2, 0) is 11.3 Å². The maximum absolute atomic E-state index is 15.1. The number of halogens is 4. The van der Waals surface area contributed by atoms with Crippen LogP contribution in [-0.4, -0.2) is 53.7 Å². The maximum atomic E-state index is 15.1. The van der Waals surface area contributed by atoms with E-state index < -0.39 is 12.2 Å². The van der Waals surface area contributed by atoms with Crippen molar-refractivity contribution in [2.24, 2.45) is 5.73 Å². The number of para-hydroxylation sites is 1. The molecule has 1 amide bonds. The Balaban J connectivity index is 1.07. The van der Waals surface area contributed by atoms with Gasteiger partial charge in [-0.25, -0.2) is 9.37 Å². The van der Waals surface area contributed by atoms with Crippen molar-refractivity contribution in [3.63, 3.8) is 0 Å². The number of alkyl halides is 3. The Morgan fingerprint density at radius 1 is 1.13 bits per heavy atom. The summed E-state index contributed by atoms with van der Waals surface area (Å²) in [6, 6.07) is 9.09. The van der Waals surface area contributed by atoms with Crippen LogP contribution in [0.5, 0.6) is 5.75 Å². The van der Waals surface area contributed by atoms with Crippen LogP contribution < -0.4 is 20.7 Å². The Morgan fingerprint density at radius 3 is 2.61 bits per heavy atom. The third-order valence-corrected chi connectivity index (χ3v) is 9.89. The van der Waals surface area contributed by atoms with E-state index in [2.05, 4.69) is 25.1 Å². The number of nitrogens with one attached hydrogen (secondary N) is 1. The van der Waals surface area contributed by atoms with Gasteiger partial charge in [0.15, 0.2) is 10.9 Å². The number of piperidine rings is 1. The first-order valence-electron chi connectivity index (χ1n) is 15.5. The number of thiazole rings is 1. The monoisotopic (exact) mass is 659 g/mol. The van der Waals surface area contributed by atoms with E-state index in [0.717, 1.165) is 43.7 Å². The topological polar surface area (TPSA) is 116 Å². The van der Waals surface area contributed by atoms with Gasteiger partial charge in [-0.15, -0.1) is 13.2 Å². The average molecular weight is 660 g/mol. The Labute approximate surface area is 266 Å². The molecule has 3 N–H and O–H groups in total. The number of hydrogen-bond donors (Lipinski definition) is 2. The maximum Gasteiger partial charge on any atom is 0.573 e. The Morgan fingerprint density at radius 2 is 1.89 bits per heavy atom. The number of rotatable bonds is 11. The van der Waals surface area contributed by atoms with Crippen molar-refractivity contribution in [1.82, 2.24) is 15.5 Å². The van der Waals surface area contributed by atoms with Crippen LogP contribution in [0.4, 0.5) is 22.7 Å². The van der Waals surface area contributed by atoms with Gasteiger partial charge in [0, 0.05) is 41.2 Å². The van der Waals surface area contributed by atoms with Crippen LogP contribution in [0, 0.1) is 5.82 Å². The predicted octanol–water partition coefficient (Wildman–Crippen LogP) is 6.66. The number of amides is 1. The molecule has 1 aliphatic carbocycles. The molecular weight excluding hydrogens is 626 g/mol. The number of ether oxygens (including phenoxy) is 2. The summed E-state index contributed by atoms with van der Waals surface area (Å²) in [6.07, 6.45) is 0.850. The van der Waals surface area contributed by atoms with E-state index in [1.54, 1.807) is 12.1 Å². The number of nitrogens with zero attached hydrogens (tertiary/aromatic N) is 3. The van der Waals surface area contributed by atoms with E-state index in [-0.39, 0.29) is 59.0 Å². The van der Waals surface area contributed by atoms with Crippen molar-refractivity contribution in [1.29, 1.82) is 0 Å². The molecule has 2 atom stereocenters. The minimum atomic E-state index is -4.85. The van der Waals surface area contributed by atoms with Crippen LogP contribution in [0.3, 0.4) is 0 Å². The fourth-order valence-corrected chi connectivity index (χ4v) is 7.78. The van der Waals surface area contributed by atoms with Gasteiger partial charge >= 0.3 is 6.36 Å². The second-order valence-corrected chi connectivity index (χ2v) is 13.1. The lowest BCUT2D eigenvalue weighted by Crippen LogP contribution is -2.45. The molecule has 2 aromatic carbocycles. The predicted molar refractivity (Wildman–Crippen MR) is 163 cm³/mol. The average Bonchev–Trinajstić information content (AvgIpc) is 3.53. The van der Waals surface area contributed by atoms with Gasteiger partial charge < -0.3 is 29.9 Å². The summed E-state index contributed by atoms with van der Waals surface area (Å²) in [5.41, 5.74) is 7.14. The second kappa shape index (κ2) is 12.5. The van der Waals surface area contributed by atoms with Crippen molar-refractivity contribution >= 4 is 32.6 Å². The molecule has 3 fully saturated rings. The number of aromatic nitrogens is 2. The van der Waals surface area contributed by atoms with Gasteiger partial charge in [-0.2, -0.15) is 0 Å². The van der Waals surface area contributed by atoms with E-state index in [1.807, 2.05) is 0 Å². The number of hydrogen-bond acceptors (Lipinski definition) is 9. The summed E-state index contributed by atoms with van der Waals surface area (Å²) < 4.78 is 71.6. The standard InChI is InChI=1S/C32H33F4N5O4S/c33-24-12-18(30(42)38-11-3-10-37)13-26-28(24)39-31(46-26)41-19-8-9-20(41)15-21(14-19)43-16-23-27(40-45-29(23)17-6-7-17)22-4-1-2-5-25(22)44-32(34,35)36/h1-2,4-5,12-13,17,19-21H,3,6-11,14-16,37H2,(H,38,42). The molecule has 2 bridgehead atoms. The highest BCUT2D eigenvalue weighted by atomic mass is 32.1. The third kappa shape index (κ3) is 6.29. The van der Waals surface area contributed by atoms with Gasteiger partial charge in [-0.1, -0.05) is 28.6 Å². The zero-order valence-corrected chi connectivity index (χ0v) is 25.6. The first kappa shape index (κ1) is 30.9. The Kier molecular flexibility index (Phi) is 8.36. The third-order valence-electron chi connectivity index (χ3n) is 8.87. The van der Waals surface area contributed by atoms with Crippen molar-refractivity contribution in [3.8, 4) is 17.0 Å². The minimum absolute atomic E-state index is 0.0971. The lowest BCUT2D eigenvalue weighted by molar-refractivity contribution is -0.274. The fourth-order valence-electron chi connectivity index (χ4n) is 6.62. The zero-order chi connectivity index (χ0) is 32.0. The van der Waals surface area contributed by atoms with Crippen molar-refractivity contribution < 1.29 is 36.4 Å². The highest BCUT2D eigenvalue weighted by molar-refractivity contribution is 7.22. The molecule has 7 rings (SSSR count). The number of nitrogens with two attached hydrogens (primary N) is 1. The lowest BCUT2D eigenvalue weighted by Gasteiger charge is -2.38. The van der Waals surface area contributed by atoms with Crippen LogP contribution in [0.1, 0.15) is 72.5 Å². The molecular formula is C32H33F4N5O4S. The molecule has 0 radical (unpaired) electrons. The molecule has 1 saturated carbocycles. The minimum Gasteiger partial charge on any atom is -0.405 e. The van der Waals surface area contributed by atoms with Crippen LogP contribution >= 0.6 is 11.3 Å². The molecule has 0 spiro atoms. The summed E-state index contributed by atoms with van der Waals surface area (Å²) in [6.45, 7) is 1.02. The van der Waals surface area contributed by atoms with E-state index in [4.69, 9.17) is 15.0 Å². The van der Waals surface area contributed by atoms with Gasteiger partial charge in [-0.3, -0.25) is 4.79 Å². The summed E-state index contributed by atoms with van der Waals surface area (Å²) in [4.78, 5) is 19.4. The van der Waals surface area contributed by atoms with E-state index >= 15 is 4.39 Å². The van der Waals surface area contributed by atoms with E-state index in [0.29, 0.717) is 41.2 Å². The van der Waals surface area contributed by atoms with Crippen molar-refractivity contribution in [2.75, 3.05) is 18.0 Å². The number of carbonyl (C=O) groups excluding carboxylic acids is 1.